The number of aliphatic hydroxyl groups excluding tert-OH is 2. The lowest BCUT2D eigenvalue weighted by molar-refractivity contribution is 0.0242. The monoisotopic (exact) mass is 197 g/mol. The van der Waals surface area contributed by atoms with Crippen LogP contribution in [0.3, 0.4) is 0 Å². The van der Waals surface area contributed by atoms with E-state index in [2.05, 4.69) is 0 Å². The molecule has 1 aromatic carbocycles. The molecule has 0 aromatic heterocycles. The van der Waals surface area contributed by atoms with E-state index in [1.165, 1.54) is 0 Å². The standard InChI is InChI=1S/C10H15NO3/c1-14-8-4-2-3-7(5-8)10(13)9(12)6-11/h2-5,9-10,12-13H,6,11H2,1H3. The molecule has 4 N–H and O–H groups in total. The molecule has 1 rings (SSSR count). The van der Waals surface area contributed by atoms with Gasteiger partial charge in [-0.3, -0.25) is 0 Å². The first-order valence-corrected chi connectivity index (χ1v) is 4.39. The van der Waals surface area contributed by atoms with Gasteiger partial charge in [-0.1, -0.05) is 12.1 Å². The topological polar surface area (TPSA) is 75.7 Å². The molecule has 4 nitrogen and oxygen atoms in total. The van der Waals surface area contributed by atoms with Gasteiger partial charge in [0.05, 0.1) is 13.2 Å². The van der Waals surface area contributed by atoms with E-state index >= 15 is 0 Å². The van der Waals surface area contributed by atoms with Gasteiger partial charge < -0.3 is 20.7 Å². The van der Waals surface area contributed by atoms with Crippen LogP contribution in [0.25, 0.3) is 0 Å². The van der Waals surface area contributed by atoms with E-state index in [0.717, 1.165) is 0 Å². The quantitative estimate of drug-likeness (QED) is 0.637. The lowest BCUT2D eigenvalue weighted by Gasteiger charge is -2.16. The molecule has 0 aliphatic rings. The van der Waals surface area contributed by atoms with Gasteiger partial charge in [0.15, 0.2) is 0 Å². The van der Waals surface area contributed by atoms with Crippen LogP contribution in [0.1, 0.15) is 11.7 Å². The van der Waals surface area contributed by atoms with E-state index in [1.807, 2.05) is 0 Å². The second kappa shape index (κ2) is 4.95. The second-order valence-electron chi connectivity index (χ2n) is 3.02. The van der Waals surface area contributed by atoms with Gasteiger partial charge in [0.2, 0.25) is 0 Å². The number of methoxy groups -OCH3 is 1. The zero-order valence-corrected chi connectivity index (χ0v) is 8.05. The molecule has 2 unspecified atom stereocenters. The van der Waals surface area contributed by atoms with E-state index in [4.69, 9.17) is 10.5 Å². The van der Waals surface area contributed by atoms with Crippen LogP contribution in [-0.2, 0) is 0 Å². The summed E-state index contributed by atoms with van der Waals surface area (Å²) in [5, 5.41) is 19.0. The normalized spacial score (nSPS) is 14.9. The van der Waals surface area contributed by atoms with Crippen molar-refractivity contribution in [2.75, 3.05) is 13.7 Å². The fourth-order valence-electron chi connectivity index (χ4n) is 1.18. The number of aliphatic hydroxyl groups is 2. The highest BCUT2D eigenvalue weighted by Gasteiger charge is 2.16. The van der Waals surface area contributed by atoms with Crippen molar-refractivity contribution in [2.45, 2.75) is 12.2 Å². The van der Waals surface area contributed by atoms with Crippen molar-refractivity contribution in [1.29, 1.82) is 0 Å². The summed E-state index contributed by atoms with van der Waals surface area (Å²) >= 11 is 0. The van der Waals surface area contributed by atoms with Crippen LogP contribution in [0.2, 0.25) is 0 Å². The van der Waals surface area contributed by atoms with Crippen molar-refractivity contribution in [3.63, 3.8) is 0 Å². The molecule has 0 amide bonds. The SMILES string of the molecule is COc1cccc(C(O)C(O)CN)c1. The summed E-state index contributed by atoms with van der Waals surface area (Å²) in [5.41, 5.74) is 5.84. The highest BCUT2D eigenvalue weighted by molar-refractivity contribution is 5.30. The first-order chi connectivity index (χ1) is 6.69. The summed E-state index contributed by atoms with van der Waals surface area (Å²) in [6.07, 6.45) is -1.91. The van der Waals surface area contributed by atoms with Gasteiger partial charge >= 0.3 is 0 Å². The molecule has 78 valence electrons. The van der Waals surface area contributed by atoms with Crippen molar-refractivity contribution in [2.24, 2.45) is 5.73 Å². The number of ether oxygens (including phenoxy) is 1. The summed E-state index contributed by atoms with van der Waals surface area (Å²) in [4.78, 5) is 0. The Morgan fingerprint density at radius 3 is 2.71 bits per heavy atom. The molecule has 1 aromatic rings. The maximum Gasteiger partial charge on any atom is 0.119 e. The molecule has 2 atom stereocenters. The van der Waals surface area contributed by atoms with Crippen LogP contribution in [0.5, 0.6) is 5.75 Å². The molecule has 0 bridgehead atoms. The zero-order valence-electron chi connectivity index (χ0n) is 8.05. The average molecular weight is 197 g/mol. The first-order valence-electron chi connectivity index (χ1n) is 4.39. The number of hydrogen-bond acceptors (Lipinski definition) is 4. The minimum Gasteiger partial charge on any atom is -0.497 e. The van der Waals surface area contributed by atoms with Gasteiger partial charge in [-0.25, -0.2) is 0 Å². The van der Waals surface area contributed by atoms with E-state index in [-0.39, 0.29) is 6.54 Å². The Morgan fingerprint density at radius 1 is 1.43 bits per heavy atom. The summed E-state index contributed by atoms with van der Waals surface area (Å²) < 4.78 is 4.99. The largest absolute Gasteiger partial charge is 0.497 e. The minimum atomic E-state index is -0.963. The molecule has 0 fully saturated rings. The lowest BCUT2D eigenvalue weighted by atomic mass is 10.0. The van der Waals surface area contributed by atoms with Gasteiger partial charge in [0, 0.05) is 6.54 Å². The summed E-state index contributed by atoms with van der Waals surface area (Å²) in [6.45, 7) is 0.0262. The Hall–Kier alpha value is -1.10. The molecule has 0 radical (unpaired) electrons. The Labute approximate surface area is 82.9 Å². The van der Waals surface area contributed by atoms with Crippen LogP contribution in [-0.4, -0.2) is 30.0 Å². The van der Waals surface area contributed by atoms with Crippen molar-refractivity contribution < 1.29 is 14.9 Å². The third kappa shape index (κ3) is 2.45. The highest BCUT2D eigenvalue weighted by atomic mass is 16.5. The summed E-state index contributed by atoms with van der Waals surface area (Å²) in [5.74, 6) is 0.644. The predicted molar refractivity (Wildman–Crippen MR) is 53.0 cm³/mol. The number of benzene rings is 1. The van der Waals surface area contributed by atoms with Crippen LogP contribution >= 0.6 is 0 Å². The molecular weight excluding hydrogens is 182 g/mol. The molecule has 0 saturated carbocycles. The van der Waals surface area contributed by atoms with E-state index in [1.54, 1.807) is 31.4 Å². The van der Waals surface area contributed by atoms with Crippen LogP contribution in [0.15, 0.2) is 24.3 Å². The van der Waals surface area contributed by atoms with Gasteiger partial charge in [0.1, 0.15) is 11.9 Å². The molecule has 0 saturated heterocycles. The maximum atomic E-state index is 9.62. The van der Waals surface area contributed by atoms with Crippen molar-refractivity contribution in [1.82, 2.24) is 0 Å². The molecule has 14 heavy (non-hydrogen) atoms. The Morgan fingerprint density at radius 2 is 2.14 bits per heavy atom. The van der Waals surface area contributed by atoms with Crippen LogP contribution in [0.4, 0.5) is 0 Å². The number of rotatable bonds is 4. The average Bonchev–Trinajstić information content (AvgIpc) is 2.27. The Kier molecular flexibility index (Phi) is 3.88. The smallest absolute Gasteiger partial charge is 0.119 e. The fraction of sp³-hybridized carbons (Fsp3) is 0.400. The molecular formula is C10H15NO3. The maximum absolute atomic E-state index is 9.62. The van der Waals surface area contributed by atoms with Gasteiger partial charge in [-0.15, -0.1) is 0 Å². The zero-order chi connectivity index (χ0) is 10.6. The molecule has 4 heteroatoms. The minimum absolute atomic E-state index is 0.0262. The van der Waals surface area contributed by atoms with Crippen LogP contribution < -0.4 is 10.5 Å². The second-order valence-corrected chi connectivity index (χ2v) is 3.02. The number of nitrogens with two attached hydrogens (primary N) is 1. The van der Waals surface area contributed by atoms with Crippen molar-refractivity contribution in [3.8, 4) is 5.75 Å². The lowest BCUT2D eigenvalue weighted by Crippen LogP contribution is -2.27. The van der Waals surface area contributed by atoms with E-state index < -0.39 is 12.2 Å². The molecule has 0 aliphatic carbocycles. The molecule has 0 spiro atoms. The third-order valence-corrected chi connectivity index (χ3v) is 2.04. The highest BCUT2D eigenvalue weighted by Crippen LogP contribution is 2.21. The summed E-state index contributed by atoms with van der Waals surface area (Å²) in [6, 6.07) is 6.90. The predicted octanol–water partition coefficient (Wildman–Crippen LogP) is 0.0482. The van der Waals surface area contributed by atoms with Gasteiger partial charge in [-0.2, -0.15) is 0 Å². The fourth-order valence-corrected chi connectivity index (χ4v) is 1.18. The van der Waals surface area contributed by atoms with Crippen molar-refractivity contribution >= 4 is 0 Å². The third-order valence-electron chi connectivity index (χ3n) is 2.04. The Balaban J connectivity index is 2.83. The van der Waals surface area contributed by atoms with Crippen molar-refractivity contribution in [3.05, 3.63) is 29.8 Å². The molecule has 0 aliphatic heterocycles. The number of hydrogen-bond donors (Lipinski definition) is 3. The molecule has 0 heterocycles. The van der Waals surface area contributed by atoms with Crippen LogP contribution in [0, 0.1) is 0 Å². The summed E-state index contributed by atoms with van der Waals surface area (Å²) in [7, 11) is 1.55. The Bertz CT molecular complexity index is 290. The first kappa shape index (κ1) is 11.0. The van der Waals surface area contributed by atoms with Gasteiger partial charge in [0.25, 0.3) is 0 Å². The van der Waals surface area contributed by atoms with E-state index in [0.29, 0.717) is 11.3 Å². The van der Waals surface area contributed by atoms with Gasteiger partial charge in [-0.05, 0) is 17.7 Å². The van der Waals surface area contributed by atoms with E-state index in [9.17, 15) is 10.2 Å².